The average molecular weight is 336 g/mol. The summed E-state index contributed by atoms with van der Waals surface area (Å²) in [6.07, 6.45) is 4.26. The highest BCUT2D eigenvalue weighted by molar-refractivity contribution is 7.88. The molecule has 2 rings (SSSR count). The third kappa shape index (κ3) is 4.28. The molecule has 0 aromatic carbocycles. The predicted octanol–water partition coefficient (Wildman–Crippen LogP) is 1.98. The monoisotopic (exact) mass is 335 g/mol. The van der Waals surface area contributed by atoms with E-state index in [2.05, 4.69) is 4.98 Å². The Morgan fingerprint density at radius 1 is 1.48 bits per heavy atom. The number of nitrogens with zero attached hydrogens (tertiary/aromatic N) is 3. The highest BCUT2D eigenvalue weighted by Gasteiger charge is 2.25. The topological polar surface area (TPSA) is 53.5 Å². The number of pyridine rings is 1. The molecule has 1 aliphatic rings. The first-order chi connectivity index (χ1) is 9.77. The summed E-state index contributed by atoms with van der Waals surface area (Å²) >= 11 is 5.70. The maximum Gasteiger partial charge on any atom is 0.210 e. The van der Waals surface area contributed by atoms with E-state index in [1.165, 1.54) is 22.8 Å². The number of rotatable bonds is 4. The van der Waals surface area contributed by atoms with Crippen molar-refractivity contribution < 1.29 is 12.8 Å². The second-order valence-corrected chi connectivity index (χ2v) is 7.96. The van der Waals surface area contributed by atoms with Crippen molar-refractivity contribution in [3.05, 3.63) is 23.1 Å². The van der Waals surface area contributed by atoms with Gasteiger partial charge in [0.05, 0.1) is 11.3 Å². The van der Waals surface area contributed by atoms with E-state index in [4.69, 9.17) is 11.6 Å². The third-order valence-corrected chi connectivity index (χ3v) is 5.27. The third-order valence-electron chi connectivity index (χ3n) is 3.78. The molecule has 0 radical (unpaired) electrons. The second kappa shape index (κ2) is 6.46. The molecule has 1 aromatic rings. The molecule has 1 aromatic heterocycles. The average Bonchev–Trinajstić information content (AvgIpc) is 2.39. The Bertz CT molecular complexity index is 603. The summed E-state index contributed by atoms with van der Waals surface area (Å²) in [6, 6.07) is 1.26. The quantitative estimate of drug-likeness (QED) is 0.844. The van der Waals surface area contributed by atoms with Crippen molar-refractivity contribution in [3.8, 4) is 0 Å². The number of halogens is 2. The Morgan fingerprint density at radius 2 is 2.10 bits per heavy atom. The summed E-state index contributed by atoms with van der Waals surface area (Å²) in [5.41, 5.74) is 0. The first-order valence-electron chi connectivity index (χ1n) is 6.74. The number of hydrogen-bond acceptors (Lipinski definition) is 4. The van der Waals surface area contributed by atoms with Gasteiger partial charge >= 0.3 is 0 Å². The molecule has 0 N–H and O–H groups in total. The van der Waals surface area contributed by atoms with Crippen molar-refractivity contribution in [2.24, 2.45) is 5.92 Å². The summed E-state index contributed by atoms with van der Waals surface area (Å²) in [7, 11) is -1.56. The maximum atomic E-state index is 13.8. The van der Waals surface area contributed by atoms with Gasteiger partial charge in [0.1, 0.15) is 0 Å². The van der Waals surface area contributed by atoms with Crippen molar-refractivity contribution in [1.82, 2.24) is 9.29 Å². The van der Waals surface area contributed by atoms with E-state index >= 15 is 0 Å². The smallest absolute Gasteiger partial charge is 0.210 e. The summed E-state index contributed by atoms with van der Waals surface area (Å²) in [5, 5.41) is 0.279. The normalized spacial score (nSPS) is 17.5. The van der Waals surface area contributed by atoms with Gasteiger partial charge in [-0.15, -0.1) is 0 Å². The van der Waals surface area contributed by atoms with Crippen LogP contribution >= 0.6 is 11.6 Å². The van der Waals surface area contributed by atoms with Gasteiger partial charge in [0.25, 0.3) is 0 Å². The Hall–Kier alpha value is -0.920. The molecular formula is C13H19ClFN3O2S. The number of anilines is 1. The lowest BCUT2D eigenvalue weighted by atomic mass is 9.97. The van der Waals surface area contributed by atoms with Gasteiger partial charge in [0.2, 0.25) is 10.0 Å². The van der Waals surface area contributed by atoms with Crippen LogP contribution in [0.25, 0.3) is 0 Å². The van der Waals surface area contributed by atoms with Crippen molar-refractivity contribution in [2.45, 2.75) is 12.8 Å². The number of sulfonamides is 1. The fourth-order valence-electron chi connectivity index (χ4n) is 2.47. The van der Waals surface area contributed by atoms with Gasteiger partial charge in [0.15, 0.2) is 11.6 Å². The van der Waals surface area contributed by atoms with Gasteiger partial charge < -0.3 is 4.90 Å². The van der Waals surface area contributed by atoms with Crippen LogP contribution in [0.1, 0.15) is 12.8 Å². The van der Waals surface area contributed by atoms with Crippen LogP contribution < -0.4 is 4.90 Å². The van der Waals surface area contributed by atoms with Gasteiger partial charge in [-0.3, -0.25) is 0 Å². The van der Waals surface area contributed by atoms with Crippen LogP contribution in [0.15, 0.2) is 12.3 Å². The number of piperidine rings is 1. The largest absolute Gasteiger partial charge is 0.354 e. The maximum absolute atomic E-state index is 13.8. The van der Waals surface area contributed by atoms with Crippen LogP contribution in [0, 0.1) is 11.7 Å². The zero-order chi connectivity index (χ0) is 15.6. The van der Waals surface area contributed by atoms with Crippen LogP contribution in [-0.2, 0) is 10.0 Å². The summed E-state index contributed by atoms with van der Waals surface area (Å²) in [5.74, 6) is 0.180. The van der Waals surface area contributed by atoms with E-state index in [9.17, 15) is 12.8 Å². The fraction of sp³-hybridized carbons (Fsp3) is 0.615. The molecule has 2 heterocycles. The molecule has 0 spiro atoms. The molecule has 8 heteroatoms. The molecule has 0 bridgehead atoms. The van der Waals surface area contributed by atoms with Crippen molar-refractivity contribution in [3.63, 3.8) is 0 Å². The summed E-state index contributed by atoms with van der Waals surface area (Å²) in [4.78, 5) is 5.92. The van der Waals surface area contributed by atoms with Crippen LogP contribution in [0.2, 0.25) is 5.02 Å². The van der Waals surface area contributed by atoms with Gasteiger partial charge in [-0.1, -0.05) is 11.6 Å². The molecule has 118 valence electrons. The molecular weight excluding hydrogens is 317 g/mol. The van der Waals surface area contributed by atoms with E-state index in [0.29, 0.717) is 25.5 Å². The molecule has 5 nitrogen and oxygen atoms in total. The zero-order valence-corrected chi connectivity index (χ0v) is 13.7. The summed E-state index contributed by atoms with van der Waals surface area (Å²) in [6.45, 7) is 1.82. The Kier molecular flexibility index (Phi) is 5.06. The molecule has 1 fully saturated rings. The summed E-state index contributed by atoms with van der Waals surface area (Å²) < 4.78 is 38.0. The van der Waals surface area contributed by atoms with Gasteiger partial charge in [0, 0.05) is 32.9 Å². The minimum atomic E-state index is -3.15. The van der Waals surface area contributed by atoms with E-state index in [1.54, 1.807) is 7.05 Å². The minimum absolute atomic E-state index is 0.279. The lowest BCUT2D eigenvalue weighted by Gasteiger charge is -2.34. The second-order valence-electron chi connectivity index (χ2n) is 5.43. The lowest BCUT2D eigenvalue weighted by Crippen LogP contribution is -2.39. The van der Waals surface area contributed by atoms with Crippen LogP contribution in [0.3, 0.4) is 0 Å². The van der Waals surface area contributed by atoms with Gasteiger partial charge in [-0.05, 0) is 24.8 Å². The Balaban J connectivity index is 1.94. The number of hydrogen-bond donors (Lipinski definition) is 0. The van der Waals surface area contributed by atoms with E-state index in [-0.39, 0.29) is 10.9 Å². The van der Waals surface area contributed by atoms with Gasteiger partial charge in [-0.25, -0.2) is 22.1 Å². The van der Waals surface area contributed by atoms with Crippen LogP contribution in [-0.4, -0.2) is 50.6 Å². The van der Waals surface area contributed by atoms with Gasteiger partial charge in [-0.2, -0.15) is 0 Å². The SMILES string of the molecule is CN(CC1CCN(c2ncc(Cl)cc2F)CC1)S(C)(=O)=O. The first kappa shape index (κ1) is 16.5. The molecule has 0 amide bonds. The first-order valence-corrected chi connectivity index (χ1v) is 8.97. The van der Waals surface area contributed by atoms with Crippen molar-refractivity contribution in [2.75, 3.05) is 37.8 Å². The van der Waals surface area contributed by atoms with Crippen molar-refractivity contribution >= 4 is 27.4 Å². The standard InChI is InChI=1S/C13H19ClFN3O2S/c1-17(21(2,19)20)9-10-3-5-18(6-4-10)13-12(15)7-11(14)8-16-13/h7-8,10H,3-6,9H2,1-2H3. The van der Waals surface area contributed by atoms with Crippen LogP contribution in [0.4, 0.5) is 10.2 Å². The van der Waals surface area contributed by atoms with Crippen molar-refractivity contribution in [1.29, 1.82) is 0 Å². The molecule has 0 aliphatic carbocycles. The Morgan fingerprint density at radius 3 is 2.62 bits per heavy atom. The highest BCUT2D eigenvalue weighted by atomic mass is 35.5. The molecule has 1 aliphatic heterocycles. The zero-order valence-electron chi connectivity index (χ0n) is 12.1. The molecule has 1 saturated heterocycles. The molecule has 21 heavy (non-hydrogen) atoms. The van der Waals surface area contributed by atoms with Crippen LogP contribution in [0.5, 0.6) is 0 Å². The predicted molar refractivity (Wildman–Crippen MR) is 81.6 cm³/mol. The van der Waals surface area contributed by atoms with E-state index in [1.807, 2.05) is 4.90 Å². The highest BCUT2D eigenvalue weighted by Crippen LogP contribution is 2.25. The molecule has 0 atom stereocenters. The Labute approximate surface area is 129 Å². The van der Waals surface area contributed by atoms with E-state index < -0.39 is 15.8 Å². The fourth-order valence-corrected chi connectivity index (χ4v) is 3.09. The lowest BCUT2D eigenvalue weighted by molar-refractivity contribution is 0.327. The molecule has 0 unspecified atom stereocenters. The molecule has 0 saturated carbocycles. The number of aromatic nitrogens is 1. The van der Waals surface area contributed by atoms with E-state index in [0.717, 1.165) is 12.8 Å². The minimum Gasteiger partial charge on any atom is -0.354 e.